The van der Waals surface area contributed by atoms with Crippen molar-refractivity contribution in [3.8, 4) is 0 Å². The van der Waals surface area contributed by atoms with Crippen molar-refractivity contribution in [3.05, 3.63) is 70.8 Å². The Morgan fingerprint density at radius 1 is 1.04 bits per heavy atom. The molecule has 2 aromatic rings. The first-order valence-corrected chi connectivity index (χ1v) is 9.81. The molecular formula is C23H28N2O2. The second-order valence-electron chi connectivity index (χ2n) is 8.03. The Morgan fingerprint density at radius 3 is 2.63 bits per heavy atom. The first-order valence-electron chi connectivity index (χ1n) is 9.81. The van der Waals surface area contributed by atoms with Crippen LogP contribution in [0.5, 0.6) is 0 Å². The predicted molar refractivity (Wildman–Crippen MR) is 107 cm³/mol. The normalized spacial score (nSPS) is 23.1. The fourth-order valence-electron chi connectivity index (χ4n) is 4.20. The molecular weight excluding hydrogens is 336 g/mol. The van der Waals surface area contributed by atoms with E-state index in [1.54, 1.807) is 0 Å². The highest BCUT2D eigenvalue weighted by atomic mass is 16.5. The fourth-order valence-corrected chi connectivity index (χ4v) is 4.20. The number of aryl methyl sites for hydroxylation is 1. The molecule has 2 fully saturated rings. The summed E-state index contributed by atoms with van der Waals surface area (Å²) in [6, 6.07) is 16.9. The topological polar surface area (TPSA) is 32.8 Å². The van der Waals surface area contributed by atoms with Crippen LogP contribution >= 0.6 is 0 Å². The highest BCUT2D eigenvalue weighted by Gasteiger charge is 2.34. The average molecular weight is 364 g/mol. The molecule has 4 nitrogen and oxygen atoms in total. The van der Waals surface area contributed by atoms with Crippen molar-refractivity contribution >= 4 is 5.91 Å². The quantitative estimate of drug-likeness (QED) is 0.839. The molecule has 4 heteroatoms. The number of hydrogen-bond donors (Lipinski definition) is 0. The second kappa shape index (κ2) is 7.83. The van der Waals surface area contributed by atoms with Crippen LogP contribution in [0, 0.1) is 12.8 Å². The van der Waals surface area contributed by atoms with Crippen LogP contribution in [0.2, 0.25) is 0 Å². The molecule has 2 aliphatic heterocycles. The van der Waals surface area contributed by atoms with Gasteiger partial charge in [-0.2, -0.15) is 0 Å². The van der Waals surface area contributed by atoms with Crippen molar-refractivity contribution in [2.24, 2.45) is 5.92 Å². The summed E-state index contributed by atoms with van der Waals surface area (Å²) in [5, 5.41) is 0. The van der Waals surface area contributed by atoms with E-state index in [4.69, 9.17) is 4.74 Å². The van der Waals surface area contributed by atoms with Crippen LogP contribution in [-0.2, 0) is 11.2 Å². The van der Waals surface area contributed by atoms with Gasteiger partial charge in [0, 0.05) is 31.1 Å². The van der Waals surface area contributed by atoms with Crippen molar-refractivity contribution in [1.29, 1.82) is 0 Å². The van der Waals surface area contributed by atoms with Gasteiger partial charge in [-0.05, 0) is 37.6 Å². The van der Waals surface area contributed by atoms with Crippen LogP contribution in [0.3, 0.4) is 0 Å². The summed E-state index contributed by atoms with van der Waals surface area (Å²) in [7, 11) is 2.14. The van der Waals surface area contributed by atoms with Gasteiger partial charge < -0.3 is 9.64 Å². The zero-order valence-corrected chi connectivity index (χ0v) is 16.2. The lowest BCUT2D eigenvalue weighted by molar-refractivity contribution is 0.0433. The maximum atomic E-state index is 13.4. The monoisotopic (exact) mass is 364 g/mol. The molecule has 1 amide bonds. The Kier molecular flexibility index (Phi) is 5.28. The molecule has 0 unspecified atom stereocenters. The van der Waals surface area contributed by atoms with E-state index < -0.39 is 0 Å². The molecule has 4 rings (SSSR count). The number of likely N-dealkylation sites (N-methyl/N-ethyl adjacent to an activating group) is 1. The summed E-state index contributed by atoms with van der Waals surface area (Å²) in [6.07, 6.45) is 0.784. The maximum absolute atomic E-state index is 13.4. The number of amides is 1. The molecule has 0 spiro atoms. The predicted octanol–water partition coefficient (Wildman–Crippen LogP) is 2.99. The number of rotatable bonds is 3. The first kappa shape index (κ1) is 18.2. The van der Waals surface area contributed by atoms with Gasteiger partial charge in [0.05, 0.1) is 19.3 Å². The molecule has 0 N–H and O–H groups in total. The molecule has 0 aliphatic carbocycles. The third kappa shape index (κ3) is 4.07. The van der Waals surface area contributed by atoms with E-state index in [9.17, 15) is 4.79 Å². The largest absolute Gasteiger partial charge is 0.379 e. The van der Waals surface area contributed by atoms with Gasteiger partial charge in [-0.15, -0.1) is 0 Å². The number of carbonyl (C=O) groups excluding carboxylic acids is 1. The Labute approximate surface area is 161 Å². The number of hydrogen-bond acceptors (Lipinski definition) is 3. The molecule has 2 aliphatic rings. The summed E-state index contributed by atoms with van der Waals surface area (Å²) in [5.41, 5.74) is 4.43. The molecule has 2 saturated heterocycles. The molecule has 2 heterocycles. The zero-order chi connectivity index (χ0) is 18.8. The van der Waals surface area contributed by atoms with Gasteiger partial charge in [0.1, 0.15) is 0 Å². The van der Waals surface area contributed by atoms with Crippen LogP contribution in [0.1, 0.15) is 27.0 Å². The lowest BCUT2D eigenvalue weighted by Gasteiger charge is -2.30. The minimum atomic E-state index is 0.157. The van der Waals surface area contributed by atoms with Crippen LogP contribution < -0.4 is 0 Å². The number of carbonyl (C=O) groups is 1. The molecule has 2 atom stereocenters. The van der Waals surface area contributed by atoms with Gasteiger partial charge in [0.2, 0.25) is 0 Å². The lowest BCUT2D eigenvalue weighted by Crippen LogP contribution is -2.45. The second-order valence-corrected chi connectivity index (χ2v) is 8.03. The van der Waals surface area contributed by atoms with Crippen molar-refractivity contribution in [1.82, 2.24) is 9.80 Å². The lowest BCUT2D eigenvalue weighted by atomic mass is 9.98. The summed E-state index contributed by atoms with van der Waals surface area (Å²) < 4.78 is 5.80. The van der Waals surface area contributed by atoms with Crippen LogP contribution in [0.25, 0.3) is 0 Å². The van der Waals surface area contributed by atoms with Crippen molar-refractivity contribution in [2.75, 3.05) is 39.9 Å². The number of nitrogens with zero attached hydrogens (tertiary/aromatic N) is 2. The van der Waals surface area contributed by atoms with Gasteiger partial charge in [-0.1, -0.05) is 48.0 Å². The minimum Gasteiger partial charge on any atom is -0.379 e. The molecule has 0 saturated carbocycles. The van der Waals surface area contributed by atoms with E-state index in [0.29, 0.717) is 12.5 Å². The van der Waals surface area contributed by atoms with E-state index in [2.05, 4.69) is 54.1 Å². The Hall–Kier alpha value is -2.17. The molecule has 2 aromatic carbocycles. The first-order chi connectivity index (χ1) is 13.1. The van der Waals surface area contributed by atoms with E-state index in [0.717, 1.165) is 43.8 Å². The molecule has 27 heavy (non-hydrogen) atoms. The van der Waals surface area contributed by atoms with Gasteiger partial charge in [-0.3, -0.25) is 9.69 Å². The highest BCUT2D eigenvalue weighted by molar-refractivity contribution is 5.96. The smallest absolute Gasteiger partial charge is 0.254 e. The van der Waals surface area contributed by atoms with Crippen LogP contribution in [0.4, 0.5) is 0 Å². The van der Waals surface area contributed by atoms with Crippen LogP contribution in [-0.4, -0.2) is 61.6 Å². The average Bonchev–Trinajstić information content (AvgIpc) is 2.92. The third-order valence-electron chi connectivity index (χ3n) is 5.79. The van der Waals surface area contributed by atoms with E-state index in [1.165, 1.54) is 11.1 Å². The van der Waals surface area contributed by atoms with E-state index >= 15 is 0 Å². The Balaban J connectivity index is 1.58. The number of ether oxygens (including phenoxy) is 1. The molecule has 142 valence electrons. The van der Waals surface area contributed by atoms with Crippen molar-refractivity contribution in [3.63, 3.8) is 0 Å². The van der Waals surface area contributed by atoms with Gasteiger partial charge in [-0.25, -0.2) is 0 Å². The number of benzene rings is 2. The van der Waals surface area contributed by atoms with Gasteiger partial charge in [0.15, 0.2) is 0 Å². The molecule has 2 bridgehead atoms. The SMILES string of the molecule is Cc1ccc(Cc2ccccc2C(=O)N2C[C@@H]3COC[C@H](C2)N(C)C3)cc1. The van der Waals surface area contributed by atoms with Crippen LogP contribution in [0.15, 0.2) is 48.5 Å². The Bertz CT molecular complexity index is 802. The zero-order valence-electron chi connectivity index (χ0n) is 16.2. The van der Waals surface area contributed by atoms with E-state index in [1.807, 2.05) is 18.2 Å². The summed E-state index contributed by atoms with van der Waals surface area (Å²) in [4.78, 5) is 17.8. The van der Waals surface area contributed by atoms with Crippen molar-refractivity contribution in [2.45, 2.75) is 19.4 Å². The third-order valence-corrected chi connectivity index (χ3v) is 5.79. The molecule has 0 aromatic heterocycles. The highest BCUT2D eigenvalue weighted by Crippen LogP contribution is 2.22. The summed E-state index contributed by atoms with van der Waals surface area (Å²) in [5.74, 6) is 0.542. The van der Waals surface area contributed by atoms with Crippen molar-refractivity contribution < 1.29 is 9.53 Å². The maximum Gasteiger partial charge on any atom is 0.254 e. The van der Waals surface area contributed by atoms with E-state index in [-0.39, 0.29) is 11.9 Å². The minimum absolute atomic E-state index is 0.157. The standard InChI is InChI=1S/C23H28N2O2/c1-17-7-9-18(10-8-17)11-20-5-3-4-6-22(20)23(26)25-13-19-12-24(2)21(14-25)16-27-15-19/h3-10,19,21H,11-16H2,1-2H3/t19-,21+/m1/s1. The fraction of sp³-hybridized carbons (Fsp3) is 0.435. The number of fused-ring (bicyclic) bond motifs is 3. The summed E-state index contributed by atoms with van der Waals surface area (Å²) in [6.45, 7) is 6.07. The Morgan fingerprint density at radius 2 is 1.81 bits per heavy atom. The molecule has 0 radical (unpaired) electrons. The van der Waals surface area contributed by atoms with Gasteiger partial charge in [0.25, 0.3) is 5.91 Å². The van der Waals surface area contributed by atoms with Gasteiger partial charge >= 0.3 is 0 Å². The summed E-state index contributed by atoms with van der Waals surface area (Å²) >= 11 is 0.